The van der Waals surface area contributed by atoms with Crippen LogP contribution in [0, 0.1) is 0 Å². The second-order valence-corrected chi connectivity index (χ2v) is 6.08. The molecule has 2 heterocycles. The van der Waals surface area contributed by atoms with Gasteiger partial charge in [0.2, 0.25) is 5.91 Å². The van der Waals surface area contributed by atoms with Gasteiger partial charge in [0.25, 0.3) is 5.91 Å². The Kier molecular flexibility index (Phi) is 5.14. The maximum Gasteiger partial charge on any atom is 0.264 e. The first-order valence-electron chi connectivity index (χ1n) is 6.94. The maximum atomic E-state index is 12.2. The third-order valence-electron chi connectivity index (χ3n) is 3.41. The molecular formula is C14H21N3O2S. The van der Waals surface area contributed by atoms with Crippen LogP contribution in [0.25, 0.3) is 0 Å². The van der Waals surface area contributed by atoms with Crippen molar-refractivity contribution in [2.24, 2.45) is 0 Å². The van der Waals surface area contributed by atoms with E-state index in [9.17, 15) is 9.59 Å². The van der Waals surface area contributed by atoms with Crippen molar-refractivity contribution in [2.45, 2.75) is 13.3 Å². The van der Waals surface area contributed by atoms with E-state index in [0.29, 0.717) is 4.88 Å². The summed E-state index contributed by atoms with van der Waals surface area (Å²) in [6, 6.07) is 3.82. The molecule has 1 aliphatic rings. The van der Waals surface area contributed by atoms with Crippen LogP contribution in [-0.2, 0) is 11.2 Å². The van der Waals surface area contributed by atoms with E-state index in [4.69, 9.17) is 0 Å². The molecule has 0 saturated carbocycles. The van der Waals surface area contributed by atoms with Gasteiger partial charge in [-0.2, -0.15) is 0 Å². The van der Waals surface area contributed by atoms with Crippen LogP contribution >= 0.6 is 11.3 Å². The van der Waals surface area contributed by atoms with E-state index >= 15 is 0 Å². The van der Waals surface area contributed by atoms with E-state index in [1.165, 1.54) is 21.1 Å². The molecule has 0 bridgehead atoms. The Balaban J connectivity index is 1.91. The molecule has 1 aromatic heterocycles. The molecule has 0 aliphatic carbocycles. The van der Waals surface area contributed by atoms with Crippen molar-refractivity contribution in [1.29, 1.82) is 0 Å². The van der Waals surface area contributed by atoms with E-state index in [-0.39, 0.29) is 18.4 Å². The number of carbonyl (C=O) groups is 2. The molecule has 0 unspecified atom stereocenters. The predicted octanol–water partition coefficient (Wildman–Crippen LogP) is 0.814. The number of thiophene rings is 1. The lowest BCUT2D eigenvalue weighted by Crippen LogP contribution is -2.49. The molecule has 110 valence electrons. The highest BCUT2D eigenvalue weighted by Crippen LogP contribution is 2.18. The Morgan fingerprint density at radius 3 is 2.65 bits per heavy atom. The first-order chi connectivity index (χ1) is 9.61. The van der Waals surface area contributed by atoms with Crippen molar-refractivity contribution in [3.8, 4) is 0 Å². The summed E-state index contributed by atoms with van der Waals surface area (Å²) >= 11 is 1.51. The van der Waals surface area contributed by atoms with Crippen molar-refractivity contribution in [1.82, 2.24) is 15.1 Å². The molecule has 2 amide bonds. The number of nitrogens with one attached hydrogen (secondary N) is 1. The quantitative estimate of drug-likeness (QED) is 0.894. The lowest BCUT2D eigenvalue weighted by Gasteiger charge is -2.29. The third-order valence-corrected chi connectivity index (χ3v) is 4.63. The topological polar surface area (TPSA) is 52.7 Å². The number of rotatable bonds is 4. The van der Waals surface area contributed by atoms with Crippen molar-refractivity contribution in [3.63, 3.8) is 0 Å². The molecule has 1 aromatic rings. The molecule has 6 heteroatoms. The van der Waals surface area contributed by atoms with Crippen molar-refractivity contribution >= 4 is 23.2 Å². The fourth-order valence-corrected chi connectivity index (χ4v) is 3.10. The third kappa shape index (κ3) is 3.58. The highest BCUT2D eigenvalue weighted by molar-refractivity contribution is 7.14. The molecule has 1 fully saturated rings. The predicted molar refractivity (Wildman–Crippen MR) is 80.1 cm³/mol. The number of carbonyl (C=O) groups excluding carboxylic acids is 2. The SMILES string of the molecule is CCc1ccc(C(=O)N(C)CC(=O)N2CCNCC2)s1. The van der Waals surface area contributed by atoms with E-state index in [0.717, 1.165) is 32.6 Å². The molecule has 1 N–H and O–H groups in total. The van der Waals surface area contributed by atoms with Gasteiger partial charge in [-0.15, -0.1) is 11.3 Å². The fourth-order valence-electron chi connectivity index (χ4n) is 2.16. The standard InChI is InChI=1S/C14H21N3O2S/c1-3-11-4-5-12(20-11)14(19)16(2)10-13(18)17-8-6-15-7-9-17/h4-5,15H,3,6-10H2,1-2H3. The van der Waals surface area contributed by atoms with Gasteiger partial charge >= 0.3 is 0 Å². The van der Waals surface area contributed by atoms with Crippen LogP contribution < -0.4 is 5.32 Å². The van der Waals surface area contributed by atoms with Gasteiger partial charge in [0.05, 0.1) is 11.4 Å². The maximum absolute atomic E-state index is 12.2. The molecule has 0 radical (unpaired) electrons. The zero-order valence-corrected chi connectivity index (χ0v) is 12.8. The zero-order valence-electron chi connectivity index (χ0n) is 12.0. The van der Waals surface area contributed by atoms with Crippen LogP contribution in [-0.4, -0.2) is 61.4 Å². The van der Waals surface area contributed by atoms with Gasteiger partial charge < -0.3 is 15.1 Å². The molecule has 0 aromatic carbocycles. The molecule has 1 saturated heterocycles. The summed E-state index contributed by atoms with van der Waals surface area (Å²) < 4.78 is 0. The van der Waals surface area contributed by atoms with Crippen molar-refractivity contribution in [3.05, 3.63) is 21.9 Å². The number of likely N-dealkylation sites (N-methyl/N-ethyl adjacent to an activating group) is 1. The van der Waals surface area contributed by atoms with E-state index in [1.54, 1.807) is 7.05 Å². The summed E-state index contributed by atoms with van der Waals surface area (Å²) in [5, 5.41) is 3.21. The Bertz CT molecular complexity index is 481. The number of hydrogen-bond acceptors (Lipinski definition) is 4. The average molecular weight is 295 g/mol. The molecule has 5 nitrogen and oxygen atoms in total. The highest BCUT2D eigenvalue weighted by Gasteiger charge is 2.21. The minimum Gasteiger partial charge on any atom is -0.339 e. The van der Waals surface area contributed by atoms with Crippen molar-refractivity contribution < 1.29 is 9.59 Å². The summed E-state index contributed by atoms with van der Waals surface area (Å²) in [6.07, 6.45) is 0.932. The molecule has 20 heavy (non-hydrogen) atoms. The molecule has 2 rings (SSSR count). The average Bonchev–Trinajstić information content (AvgIpc) is 2.96. The molecule has 0 spiro atoms. The normalized spacial score (nSPS) is 15.2. The number of aryl methyl sites for hydroxylation is 1. The second kappa shape index (κ2) is 6.85. The van der Waals surface area contributed by atoms with Crippen molar-refractivity contribution in [2.75, 3.05) is 39.8 Å². The number of hydrogen-bond donors (Lipinski definition) is 1. The van der Waals surface area contributed by atoms with Crippen LogP contribution in [0.4, 0.5) is 0 Å². The fraction of sp³-hybridized carbons (Fsp3) is 0.571. The lowest BCUT2D eigenvalue weighted by atomic mass is 10.3. The first-order valence-corrected chi connectivity index (χ1v) is 7.76. The molecule has 0 atom stereocenters. The highest BCUT2D eigenvalue weighted by atomic mass is 32.1. The van der Waals surface area contributed by atoms with Crippen LogP contribution in [0.3, 0.4) is 0 Å². The van der Waals surface area contributed by atoms with Gasteiger partial charge in [-0.05, 0) is 18.6 Å². The Morgan fingerprint density at radius 1 is 1.35 bits per heavy atom. The first kappa shape index (κ1) is 15.0. The van der Waals surface area contributed by atoms with E-state index in [2.05, 4.69) is 12.2 Å². The van der Waals surface area contributed by atoms with Gasteiger partial charge in [0.1, 0.15) is 0 Å². The van der Waals surface area contributed by atoms with E-state index in [1.807, 2.05) is 17.0 Å². The van der Waals surface area contributed by atoms with E-state index < -0.39 is 0 Å². The minimum atomic E-state index is -0.0711. The van der Waals surface area contributed by atoms with Gasteiger partial charge in [0.15, 0.2) is 0 Å². The summed E-state index contributed by atoms with van der Waals surface area (Å²) in [5.41, 5.74) is 0. The summed E-state index contributed by atoms with van der Waals surface area (Å²) in [7, 11) is 1.69. The van der Waals surface area contributed by atoms with Gasteiger partial charge in [-0.3, -0.25) is 9.59 Å². The van der Waals surface area contributed by atoms with Gasteiger partial charge in [-0.25, -0.2) is 0 Å². The Labute approximate surface area is 123 Å². The molecule has 1 aliphatic heterocycles. The zero-order chi connectivity index (χ0) is 14.5. The van der Waals surface area contributed by atoms with Gasteiger partial charge in [0, 0.05) is 38.1 Å². The van der Waals surface area contributed by atoms with Gasteiger partial charge in [-0.1, -0.05) is 6.92 Å². The summed E-state index contributed by atoms with van der Waals surface area (Å²) in [5.74, 6) is -0.0483. The second-order valence-electron chi connectivity index (χ2n) is 4.91. The smallest absolute Gasteiger partial charge is 0.264 e. The monoisotopic (exact) mass is 295 g/mol. The Morgan fingerprint density at radius 2 is 2.05 bits per heavy atom. The Hall–Kier alpha value is -1.40. The summed E-state index contributed by atoms with van der Waals surface area (Å²) in [6.45, 7) is 5.32. The van der Waals surface area contributed by atoms with Crippen LogP contribution in [0.5, 0.6) is 0 Å². The lowest BCUT2D eigenvalue weighted by molar-refractivity contribution is -0.132. The largest absolute Gasteiger partial charge is 0.339 e. The summed E-state index contributed by atoms with van der Waals surface area (Å²) in [4.78, 5) is 29.6. The van der Waals surface area contributed by atoms with Crippen LogP contribution in [0.2, 0.25) is 0 Å². The molecular weight excluding hydrogens is 274 g/mol. The van der Waals surface area contributed by atoms with Crippen LogP contribution in [0.1, 0.15) is 21.5 Å². The van der Waals surface area contributed by atoms with Crippen LogP contribution in [0.15, 0.2) is 12.1 Å². The minimum absolute atomic E-state index is 0.0228. The number of nitrogens with zero attached hydrogens (tertiary/aromatic N) is 2. The number of amides is 2. The number of piperazine rings is 1.